The Morgan fingerprint density at radius 2 is 2.00 bits per heavy atom. The van der Waals surface area contributed by atoms with Crippen molar-refractivity contribution in [2.75, 3.05) is 0 Å². The highest BCUT2D eigenvalue weighted by molar-refractivity contribution is 14.2. The molecule has 0 aliphatic carbocycles. The van der Waals surface area contributed by atoms with E-state index in [1.54, 1.807) is 22.6 Å². The Balaban J connectivity index is 4.67. The number of nitrogens with zero attached hydrogens (tertiary/aromatic N) is 1. The summed E-state index contributed by atoms with van der Waals surface area (Å²) in [5, 5.41) is 17.9. The van der Waals surface area contributed by atoms with Crippen molar-refractivity contribution in [3.8, 4) is 0 Å². The van der Waals surface area contributed by atoms with E-state index in [0.29, 0.717) is 0 Å². The average Bonchev–Trinajstić information content (AvgIpc) is 1.84. The standard InChI is InChI=1S/C4H6I3NO3/c1-2(9)4(5,3(10)11)8(6)7/h2,9H,1H3,(H,10,11)/t2?,4-/m0/s1. The number of carboxylic acid groups (broad SMARTS) is 1. The first-order chi connectivity index (χ1) is 4.83. The van der Waals surface area contributed by atoms with E-state index in [2.05, 4.69) is 0 Å². The van der Waals surface area contributed by atoms with Crippen LogP contribution in [0.25, 0.3) is 0 Å². The van der Waals surface area contributed by atoms with Gasteiger partial charge in [-0.05, 0) is 29.5 Å². The first-order valence-corrected chi connectivity index (χ1v) is 5.56. The molecule has 0 spiro atoms. The molecule has 66 valence electrons. The third-order valence-corrected chi connectivity index (χ3v) is 6.31. The predicted octanol–water partition coefficient (Wildman–Crippen LogP) is 1.59. The molecular formula is C4H6I3NO3. The molecule has 7 heteroatoms. The Morgan fingerprint density at radius 3 is 2.00 bits per heavy atom. The highest BCUT2D eigenvalue weighted by Crippen LogP contribution is 2.34. The van der Waals surface area contributed by atoms with Gasteiger partial charge in [0.1, 0.15) is 0 Å². The summed E-state index contributed by atoms with van der Waals surface area (Å²) in [5.41, 5.74) is 0. The second kappa shape index (κ2) is 4.72. The molecular weight excluding hydrogens is 491 g/mol. The Morgan fingerprint density at radius 1 is 1.64 bits per heavy atom. The lowest BCUT2D eigenvalue weighted by atomic mass is 10.2. The summed E-state index contributed by atoms with van der Waals surface area (Å²) in [5.74, 6) is -1.04. The van der Waals surface area contributed by atoms with E-state index in [1.165, 1.54) is 8.25 Å². The maximum absolute atomic E-state index is 10.7. The molecule has 2 atom stereocenters. The van der Waals surface area contributed by atoms with Crippen LogP contribution in [-0.4, -0.2) is 27.2 Å². The van der Waals surface area contributed by atoms with Gasteiger partial charge in [-0.25, -0.2) is 4.79 Å². The zero-order chi connectivity index (χ0) is 9.23. The Bertz CT molecular complexity index is 153. The fourth-order valence-corrected chi connectivity index (χ4v) is 1.61. The van der Waals surface area contributed by atoms with E-state index < -0.39 is 15.6 Å². The van der Waals surface area contributed by atoms with Crippen LogP contribution in [0.15, 0.2) is 0 Å². The quantitative estimate of drug-likeness (QED) is 0.270. The number of aliphatic hydroxyl groups excluding tert-OH is 1. The molecule has 1 unspecified atom stereocenters. The van der Waals surface area contributed by atoms with Crippen LogP contribution >= 0.6 is 68.3 Å². The van der Waals surface area contributed by atoms with Crippen LogP contribution in [0.5, 0.6) is 0 Å². The molecule has 0 bridgehead atoms. The molecule has 0 aromatic carbocycles. The molecule has 0 aromatic rings. The molecule has 0 amide bonds. The zero-order valence-corrected chi connectivity index (χ0v) is 11.9. The minimum Gasteiger partial charge on any atom is -0.479 e. The Hall–Kier alpha value is 1.58. The van der Waals surface area contributed by atoms with Gasteiger partial charge >= 0.3 is 5.97 Å². The largest absolute Gasteiger partial charge is 0.479 e. The maximum atomic E-state index is 10.7. The van der Waals surface area contributed by atoms with Crippen molar-refractivity contribution in [2.45, 2.75) is 16.6 Å². The zero-order valence-electron chi connectivity index (χ0n) is 5.46. The Labute approximate surface area is 106 Å². The number of alkyl halides is 1. The lowest BCUT2D eigenvalue weighted by Gasteiger charge is -2.28. The normalized spacial score (nSPS) is 19.5. The third kappa shape index (κ3) is 2.77. The van der Waals surface area contributed by atoms with Gasteiger partial charge in [0, 0.05) is 45.7 Å². The number of hydrogen-bond acceptors (Lipinski definition) is 3. The van der Waals surface area contributed by atoms with Crippen molar-refractivity contribution in [2.24, 2.45) is 0 Å². The second-order valence-corrected chi connectivity index (χ2v) is 7.31. The fourth-order valence-electron chi connectivity index (χ4n) is 0.392. The van der Waals surface area contributed by atoms with Gasteiger partial charge < -0.3 is 10.2 Å². The van der Waals surface area contributed by atoms with E-state index in [1.807, 2.05) is 45.7 Å². The Kier molecular flexibility index (Phi) is 5.39. The molecule has 0 rings (SSSR count). The molecule has 0 aliphatic rings. The van der Waals surface area contributed by atoms with Gasteiger partial charge in [0.25, 0.3) is 0 Å². The van der Waals surface area contributed by atoms with Crippen LogP contribution < -0.4 is 0 Å². The maximum Gasteiger partial charge on any atom is 0.338 e. The first kappa shape index (κ1) is 12.6. The van der Waals surface area contributed by atoms with Gasteiger partial charge in [-0.15, -0.1) is 0 Å². The first-order valence-electron chi connectivity index (χ1n) is 2.55. The van der Waals surface area contributed by atoms with Crippen molar-refractivity contribution in [1.29, 1.82) is 0 Å². The van der Waals surface area contributed by atoms with Crippen LogP contribution in [0.4, 0.5) is 0 Å². The summed E-state index contributed by atoms with van der Waals surface area (Å²) in [6, 6.07) is 0. The van der Waals surface area contributed by atoms with E-state index in [4.69, 9.17) is 5.11 Å². The molecule has 0 aromatic heterocycles. The van der Waals surface area contributed by atoms with Crippen molar-refractivity contribution >= 4 is 74.3 Å². The monoisotopic (exact) mass is 497 g/mol. The van der Waals surface area contributed by atoms with Crippen molar-refractivity contribution in [3.05, 3.63) is 0 Å². The third-order valence-electron chi connectivity index (χ3n) is 1.10. The van der Waals surface area contributed by atoms with E-state index in [0.717, 1.165) is 0 Å². The lowest BCUT2D eigenvalue weighted by Crippen LogP contribution is -2.48. The molecule has 4 nitrogen and oxygen atoms in total. The molecule has 0 radical (unpaired) electrons. The topological polar surface area (TPSA) is 60.8 Å². The van der Waals surface area contributed by atoms with Crippen molar-refractivity contribution < 1.29 is 15.0 Å². The number of hydrogen-bond donors (Lipinski definition) is 2. The fraction of sp³-hybridized carbons (Fsp3) is 0.750. The van der Waals surface area contributed by atoms with Crippen molar-refractivity contribution in [3.63, 3.8) is 0 Å². The molecule has 0 saturated carbocycles. The highest BCUT2D eigenvalue weighted by atomic mass is 127. The molecule has 0 aliphatic heterocycles. The van der Waals surface area contributed by atoms with Gasteiger partial charge in [-0.2, -0.15) is 1.33 Å². The van der Waals surface area contributed by atoms with Crippen LogP contribution in [0.2, 0.25) is 0 Å². The van der Waals surface area contributed by atoms with Crippen LogP contribution in [0.1, 0.15) is 6.92 Å². The molecule has 0 saturated heterocycles. The average molecular weight is 497 g/mol. The lowest BCUT2D eigenvalue weighted by molar-refractivity contribution is -0.143. The summed E-state index contributed by atoms with van der Waals surface area (Å²) >= 11 is 5.35. The van der Waals surface area contributed by atoms with Gasteiger partial charge in [-0.1, -0.05) is 0 Å². The van der Waals surface area contributed by atoms with Crippen LogP contribution in [0.3, 0.4) is 0 Å². The van der Waals surface area contributed by atoms with Crippen molar-refractivity contribution in [1.82, 2.24) is 1.33 Å². The smallest absolute Gasteiger partial charge is 0.338 e. The number of halogens is 3. The summed E-state index contributed by atoms with van der Waals surface area (Å²) in [7, 11) is 0. The summed E-state index contributed by atoms with van der Waals surface area (Å²) in [6.07, 6.45) is -0.922. The number of carbonyl (C=O) groups is 1. The molecule has 0 fully saturated rings. The number of aliphatic carboxylic acids is 1. The molecule has 0 heterocycles. The molecule has 2 N–H and O–H groups in total. The van der Waals surface area contributed by atoms with Crippen LogP contribution in [-0.2, 0) is 4.79 Å². The van der Waals surface area contributed by atoms with Gasteiger partial charge in [-0.3, -0.25) is 0 Å². The molecule has 11 heavy (non-hydrogen) atoms. The van der Waals surface area contributed by atoms with E-state index in [-0.39, 0.29) is 0 Å². The van der Waals surface area contributed by atoms with E-state index in [9.17, 15) is 9.90 Å². The van der Waals surface area contributed by atoms with Gasteiger partial charge in [0.2, 0.25) is 3.55 Å². The SMILES string of the molecule is CC(O)[C@@](I)(C(=O)O)N(I)I. The summed E-state index contributed by atoms with van der Waals surface area (Å²) < 4.78 is 0.162. The van der Waals surface area contributed by atoms with E-state index >= 15 is 0 Å². The highest BCUT2D eigenvalue weighted by Gasteiger charge is 2.45. The summed E-state index contributed by atoms with van der Waals surface area (Å²) in [6.45, 7) is 1.45. The number of aliphatic hydroxyl groups is 1. The minimum absolute atomic E-state index is 0.922. The minimum atomic E-state index is -1.25. The van der Waals surface area contributed by atoms with Crippen LogP contribution in [0, 0.1) is 0 Å². The van der Waals surface area contributed by atoms with Gasteiger partial charge in [0.05, 0.1) is 6.10 Å². The second-order valence-electron chi connectivity index (χ2n) is 1.89. The van der Waals surface area contributed by atoms with Gasteiger partial charge in [0.15, 0.2) is 0 Å². The number of carboxylic acids is 1. The number of rotatable bonds is 3. The summed E-state index contributed by atoms with van der Waals surface area (Å²) in [4.78, 5) is 10.7. The predicted molar refractivity (Wildman–Crippen MR) is 65.9 cm³/mol.